The van der Waals surface area contributed by atoms with Gasteiger partial charge >= 0.3 is 0 Å². The Morgan fingerprint density at radius 2 is 1.94 bits per heavy atom. The summed E-state index contributed by atoms with van der Waals surface area (Å²) < 4.78 is 2.64. The number of fused-ring (bicyclic) bond motifs is 1. The summed E-state index contributed by atoms with van der Waals surface area (Å²) in [5.41, 5.74) is 2.63. The van der Waals surface area contributed by atoms with Crippen LogP contribution in [0.1, 0.15) is 0 Å². The highest BCUT2D eigenvalue weighted by atomic mass is 79.9. The lowest BCUT2D eigenvalue weighted by molar-refractivity contribution is 0.943. The first-order valence-corrected chi connectivity index (χ1v) is 6.42. The first-order valence-electron chi connectivity index (χ1n) is 5.25. The van der Waals surface area contributed by atoms with Gasteiger partial charge in [-0.05, 0) is 28.1 Å². The van der Waals surface area contributed by atoms with E-state index in [0.717, 1.165) is 26.8 Å². The molecule has 0 aliphatic heterocycles. The molecule has 0 aromatic carbocycles. The number of rotatable bonds is 1. The fourth-order valence-electron chi connectivity index (χ4n) is 1.90. The first kappa shape index (κ1) is 11.6. The van der Waals surface area contributed by atoms with Crippen molar-refractivity contribution < 1.29 is 0 Å². The second kappa shape index (κ2) is 4.33. The molecule has 0 bridgehead atoms. The Morgan fingerprint density at radius 3 is 2.67 bits per heavy atom. The van der Waals surface area contributed by atoms with Crippen LogP contribution in [-0.4, -0.2) is 19.5 Å². The van der Waals surface area contributed by atoms with Crippen LogP contribution in [0.25, 0.3) is 22.3 Å². The van der Waals surface area contributed by atoms with Crippen molar-refractivity contribution in [1.29, 1.82) is 0 Å². The molecule has 90 valence electrons. The van der Waals surface area contributed by atoms with E-state index < -0.39 is 0 Å². The molecule has 0 amide bonds. The van der Waals surface area contributed by atoms with E-state index in [1.165, 1.54) is 0 Å². The number of halogens is 2. The maximum absolute atomic E-state index is 6.22. The fraction of sp³-hybridized carbons (Fsp3) is 0.0833. The standard InChI is InChI=1S/C12H8BrClN4/c1-18-11(14)9(13)8-10(16-6-17-12(8)18)7-2-4-15-5-3-7/h2-6H,1H3. The van der Waals surface area contributed by atoms with E-state index in [1.54, 1.807) is 18.7 Å². The van der Waals surface area contributed by atoms with Crippen molar-refractivity contribution in [3.8, 4) is 11.3 Å². The lowest BCUT2D eigenvalue weighted by Crippen LogP contribution is -1.92. The minimum Gasteiger partial charge on any atom is -0.318 e. The van der Waals surface area contributed by atoms with E-state index in [4.69, 9.17) is 11.6 Å². The maximum Gasteiger partial charge on any atom is 0.146 e. The largest absolute Gasteiger partial charge is 0.318 e. The molecule has 3 rings (SSSR count). The molecule has 3 aromatic rings. The molecular weight excluding hydrogens is 316 g/mol. The third-order valence-corrected chi connectivity index (χ3v) is 4.24. The van der Waals surface area contributed by atoms with Crippen LogP contribution in [0.5, 0.6) is 0 Å². The minimum absolute atomic E-state index is 0.612. The predicted octanol–water partition coefficient (Wildman–Crippen LogP) is 3.45. The van der Waals surface area contributed by atoms with Crippen molar-refractivity contribution >= 4 is 38.6 Å². The molecule has 0 N–H and O–H groups in total. The molecule has 0 spiro atoms. The molecule has 0 unspecified atom stereocenters. The van der Waals surface area contributed by atoms with Gasteiger partial charge in [-0.1, -0.05) is 11.6 Å². The zero-order valence-electron chi connectivity index (χ0n) is 9.43. The van der Waals surface area contributed by atoms with E-state index in [0.29, 0.717) is 5.15 Å². The van der Waals surface area contributed by atoms with E-state index in [-0.39, 0.29) is 0 Å². The summed E-state index contributed by atoms with van der Waals surface area (Å²) in [6, 6.07) is 3.82. The van der Waals surface area contributed by atoms with Gasteiger partial charge in [0, 0.05) is 25.0 Å². The monoisotopic (exact) mass is 322 g/mol. The summed E-state index contributed by atoms with van der Waals surface area (Å²) in [6.45, 7) is 0. The van der Waals surface area contributed by atoms with Gasteiger partial charge in [-0.2, -0.15) is 0 Å². The van der Waals surface area contributed by atoms with Crippen LogP contribution in [0.3, 0.4) is 0 Å². The molecule has 0 saturated carbocycles. The normalized spacial score (nSPS) is 11.1. The van der Waals surface area contributed by atoms with Crippen LogP contribution >= 0.6 is 27.5 Å². The van der Waals surface area contributed by atoms with Gasteiger partial charge in [0.25, 0.3) is 0 Å². The van der Waals surface area contributed by atoms with Gasteiger partial charge < -0.3 is 4.57 Å². The molecule has 4 nitrogen and oxygen atoms in total. The lowest BCUT2D eigenvalue weighted by Gasteiger charge is -2.02. The van der Waals surface area contributed by atoms with Crippen molar-refractivity contribution in [2.75, 3.05) is 0 Å². The lowest BCUT2D eigenvalue weighted by atomic mass is 10.1. The summed E-state index contributed by atoms with van der Waals surface area (Å²) in [7, 11) is 1.87. The molecule has 3 heterocycles. The van der Waals surface area contributed by atoms with Crippen LogP contribution in [0.15, 0.2) is 35.3 Å². The zero-order valence-corrected chi connectivity index (χ0v) is 11.8. The highest BCUT2D eigenvalue weighted by molar-refractivity contribution is 9.10. The number of hydrogen-bond acceptors (Lipinski definition) is 3. The van der Waals surface area contributed by atoms with Crippen LogP contribution in [-0.2, 0) is 7.05 Å². The highest BCUT2D eigenvalue weighted by Gasteiger charge is 2.17. The minimum atomic E-state index is 0.612. The summed E-state index contributed by atoms with van der Waals surface area (Å²) in [5.74, 6) is 0. The Labute approximate surface area is 117 Å². The van der Waals surface area contributed by atoms with Crippen LogP contribution in [0, 0.1) is 0 Å². The number of pyridine rings is 1. The molecule has 6 heteroatoms. The Balaban J connectivity index is 2.41. The molecule has 0 aliphatic rings. The second-order valence-electron chi connectivity index (χ2n) is 3.82. The first-order chi connectivity index (χ1) is 8.70. The molecule has 0 saturated heterocycles. The van der Waals surface area contributed by atoms with E-state index in [2.05, 4.69) is 30.9 Å². The average Bonchev–Trinajstić information content (AvgIpc) is 2.65. The van der Waals surface area contributed by atoms with Gasteiger partial charge in [-0.3, -0.25) is 4.98 Å². The summed E-state index contributed by atoms with van der Waals surface area (Å²) in [5, 5.41) is 1.53. The fourth-order valence-corrected chi connectivity index (χ4v) is 2.71. The number of aromatic nitrogens is 4. The Hall–Kier alpha value is -1.46. The third kappa shape index (κ3) is 1.62. The summed E-state index contributed by atoms with van der Waals surface area (Å²) >= 11 is 9.72. The Bertz CT molecular complexity index is 724. The second-order valence-corrected chi connectivity index (χ2v) is 4.97. The molecule has 0 fully saturated rings. The van der Waals surface area contributed by atoms with E-state index in [1.807, 2.05) is 23.7 Å². The van der Waals surface area contributed by atoms with Crippen molar-refractivity contribution in [1.82, 2.24) is 19.5 Å². The van der Waals surface area contributed by atoms with E-state index in [9.17, 15) is 0 Å². The van der Waals surface area contributed by atoms with Crippen molar-refractivity contribution in [2.45, 2.75) is 0 Å². The number of aryl methyl sites for hydroxylation is 1. The predicted molar refractivity (Wildman–Crippen MR) is 74.5 cm³/mol. The van der Waals surface area contributed by atoms with E-state index >= 15 is 0 Å². The molecule has 3 aromatic heterocycles. The summed E-state index contributed by atoms with van der Waals surface area (Å²) in [4.78, 5) is 12.6. The smallest absolute Gasteiger partial charge is 0.146 e. The van der Waals surface area contributed by atoms with Crippen LogP contribution in [0.2, 0.25) is 5.15 Å². The molecule has 0 aliphatic carbocycles. The van der Waals surface area contributed by atoms with Gasteiger partial charge in [0.05, 0.1) is 15.6 Å². The molecule has 0 radical (unpaired) electrons. The highest BCUT2D eigenvalue weighted by Crippen LogP contribution is 2.37. The Morgan fingerprint density at radius 1 is 1.22 bits per heavy atom. The quantitative estimate of drug-likeness (QED) is 0.689. The molecule has 0 atom stereocenters. The van der Waals surface area contributed by atoms with Gasteiger partial charge in [0.2, 0.25) is 0 Å². The van der Waals surface area contributed by atoms with Gasteiger partial charge in [0.1, 0.15) is 17.1 Å². The molecular formula is C12H8BrClN4. The van der Waals surface area contributed by atoms with Crippen molar-refractivity contribution in [2.24, 2.45) is 7.05 Å². The Kier molecular flexibility index (Phi) is 2.80. The number of hydrogen-bond donors (Lipinski definition) is 0. The zero-order chi connectivity index (χ0) is 12.7. The number of nitrogens with zero attached hydrogens (tertiary/aromatic N) is 4. The molecule has 18 heavy (non-hydrogen) atoms. The third-order valence-electron chi connectivity index (χ3n) is 2.79. The van der Waals surface area contributed by atoms with Gasteiger partial charge in [-0.15, -0.1) is 0 Å². The van der Waals surface area contributed by atoms with Gasteiger partial charge in [0.15, 0.2) is 0 Å². The maximum atomic E-state index is 6.22. The van der Waals surface area contributed by atoms with Crippen LogP contribution < -0.4 is 0 Å². The van der Waals surface area contributed by atoms with Crippen molar-refractivity contribution in [3.05, 3.63) is 40.5 Å². The van der Waals surface area contributed by atoms with Crippen LogP contribution in [0.4, 0.5) is 0 Å². The summed E-state index contributed by atoms with van der Waals surface area (Å²) in [6.07, 6.45) is 5.02. The van der Waals surface area contributed by atoms with Gasteiger partial charge in [-0.25, -0.2) is 9.97 Å². The SMILES string of the molecule is Cn1c(Cl)c(Br)c2c(-c3ccncc3)ncnc21. The average molecular weight is 324 g/mol. The van der Waals surface area contributed by atoms with Crippen molar-refractivity contribution in [3.63, 3.8) is 0 Å². The topological polar surface area (TPSA) is 43.6 Å².